The molecule has 164 valence electrons. The van der Waals surface area contributed by atoms with Gasteiger partial charge in [0.2, 0.25) is 0 Å². The van der Waals surface area contributed by atoms with Crippen molar-refractivity contribution in [1.82, 2.24) is 15.5 Å². The van der Waals surface area contributed by atoms with Gasteiger partial charge in [-0.1, -0.05) is 32.9 Å². The molecule has 0 amide bonds. The second kappa shape index (κ2) is 10.9. The predicted molar refractivity (Wildman–Crippen MR) is 118 cm³/mol. The molecule has 0 aliphatic carbocycles. The van der Waals surface area contributed by atoms with Gasteiger partial charge in [0.15, 0.2) is 15.8 Å². The molecule has 0 bridgehead atoms. The Bertz CT molecular complexity index is 749. The number of morpholine rings is 1. The molecule has 2 rings (SSSR count). The highest BCUT2D eigenvalue weighted by Crippen LogP contribution is 2.23. The average Bonchev–Trinajstić information content (AvgIpc) is 2.68. The van der Waals surface area contributed by atoms with Gasteiger partial charge in [-0.3, -0.25) is 9.89 Å². The third-order valence-corrected chi connectivity index (χ3v) is 6.61. The van der Waals surface area contributed by atoms with E-state index in [1.54, 1.807) is 12.1 Å². The Kier molecular flexibility index (Phi) is 8.92. The zero-order valence-electron chi connectivity index (χ0n) is 18.2. The number of sulfone groups is 1. The Hall–Kier alpha value is -1.64. The van der Waals surface area contributed by atoms with Gasteiger partial charge in [-0.2, -0.15) is 0 Å². The fourth-order valence-electron chi connectivity index (χ4n) is 3.05. The Balaban J connectivity index is 1.86. The van der Waals surface area contributed by atoms with E-state index in [9.17, 15) is 8.42 Å². The molecule has 0 unspecified atom stereocenters. The van der Waals surface area contributed by atoms with E-state index in [0.717, 1.165) is 45.0 Å². The van der Waals surface area contributed by atoms with Crippen molar-refractivity contribution in [3.05, 3.63) is 29.8 Å². The Morgan fingerprint density at radius 1 is 1.14 bits per heavy atom. The van der Waals surface area contributed by atoms with E-state index in [-0.39, 0.29) is 11.2 Å². The SMILES string of the molecule is CCNC(=NCCN1CCOCC1)NCCS(=O)(=O)c1ccc(C(C)(C)C)cc1. The first-order chi connectivity index (χ1) is 13.7. The van der Waals surface area contributed by atoms with Crippen LogP contribution in [0, 0.1) is 0 Å². The van der Waals surface area contributed by atoms with E-state index in [0.29, 0.717) is 23.9 Å². The third kappa shape index (κ3) is 7.95. The molecule has 7 nitrogen and oxygen atoms in total. The molecule has 1 fully saturated rings. The molecule has 0 saturated carbocycles. The van der Waals surface area contributed by atoms with Crippen molar-refractivity contribution in [1.29, 1.82) is 0 Å². The second-order valence-electron chi connectivity index (χ2n) is 8.23. The molecule has 0 aromatic heterocycles. The summed E-state index contributed by atoms with van der Waals surface area (Å²) in [4.78, 5) is 7.24. The van der Waals surface area contributed by atoms with E-state index in [2.05, 4.69) is 41.3 Å². The van der Waals surface area contributed by atoms with E-state index in [1.807, 2.05) is 19.1 Å². The maximum absolute atomic E-state index is 12.6. The van der Waals surface area contributed by atoms with Crippen LogP contribution in [0.4, 0.5) is 0 Å². The lowest BCUT2D eigenvalue weighted by molar-refractivity contribution is 0.0394. The van der Waals surface area contributed by atoms with Crippen molar-refractivity contribution in [3.8, 4) is 0 Å². The quantitative estimate of drug-likeness (QED) is 0.488. The maximum atomic E-state index is 12.6. The van der Waals surface area contributed by atoms with E-state index < -0.39 is 9.84 Å². The number of rotatable bonds is 8. The van der Waals surface area contributed by atoms with Crippen LogP contribution in [-0.2, 0) is 20.0 Å². The summed E-state index contributed by atoms with van der Waals surface area (Å²) in [6.45, 7) is 14.3. The van der Waals surface area contributed by atoms with Crippen LogP contribution in [0.5, 0.6) is 0 Å². The summed E-state index contributed by atoms with van der Waals surface area (Å²) in [5.41, 5.74) is 1.12. The minimum Gasteiger partial charge on any atom is -0.379 e. The predicted octanol–water partition coefficient (Wildman–Crippen LogP) is 1.65. The molecule has 29 heavy (non-hydrogen) atoms. The number of guanidine groups is 1. The van der Waals surface area contributed by atoms with Gasteiger partial charge in [-0.05, 0) is 30.0 Å². The van der Waals surface area contributed by atoms with Crippen molar-refractivity contribution in [2.24, 2.45) is 4.99 Å². The highest BCUT2D eigenvalue weighted by molar-refractivity contribution is 7.91. The number of benzene rings is 1. The van der Waals surface area contributed by atoms with Gasteiger partial charge in [0.25, 0.3) is 0 Å². The van der Waals surface area contributed by atoms with Gasteiger partial charge in [0, 0.05) is 32.7 Å². The molecule has 0 spiro atoms. The van der Waals surface area contributed by atoms with Gasteiger partial charge >= 0.3 is 0 Å². The van der Waals surface area contributed by atoms with E-state index in [1.165, 1.54) is 0 Å². The summed E-state index contributed by atoms with van der Waals surface area (Å²) in [7, 11) is -3.34. The van der Waals surface area contributed by atoms with Crippen LogP contribution >= 0.6 is 0 Å². The lowest BCUT2D eigenvalue weighted by atomic mass is 9.87. The van der Waals surface area contributed by atoms with Crippen LogP contribution in [0.2, 0.25) is 0 Å². The largest absolute Gasteiger partial charge is 0.379 e. The Morgan fingerprint density at radius 3 is 2.38 bits per heavy atom. The van der Waals surface area contributed by atoms with Crippen molar-refractivity contribution < 1.29 is 13.2 Å². The first-order valence-electron chi connectivity index (χ1n) is 10.4. The highest BCUT2D eigenvalue weighted by Gasteiger charge is 2.18. The first-order valence-corrected chi connectivity index (χ1v) is 12.0. The average molecular weight is 425 g/mol. The van der Waals surface area contributed by atoms with Crippen LogP contribution in [0.1, 0.15) is 33.3 Å². The Labute approximate surface area is 175 Å². The highest BCUT2D eigenvalue weighted by atomic mass is 32.2. The van der Waals surface area contributed by atoms with Crippen molar-refractivity contribution >= 4 is 15.8 Å². The molecule has 1 aromatic rings. The van der Waals surface area contributed by atoms with Crippen LogP contribution in [0.15, 0.2) is 34.2 Å². The summed E-state index contributed by atoms with van der Waals surface area (Å²) in [5.74, 6) is 0.675. The number of aliphatic imine (C=N–C) groups is 1. The normalized spacial score (nSPS) is 16.6. The molecular formula is C21H36N4O3S. The minimum absolute atomic E-state index is 0.00224. The molecule has 1 heterocycles. The molecule has 1 saturated heterocycles. The van der Waals surface area contributed by atoms with Crippen LogP contribution in [0.25, 0.3) is 0 Å². The molecule has 2 N–H and O–H groups in total. The monoisotopic (exact) mass is 424 g/mol. The zero-order chi connectivity index (χ0) is 21.3. The van der Waals surface area contributed by atoms with Gasteiger partial charge in [-0.25, -0.2) is 8.42 Å². The molecule has 0 atom stereocenters. The topological polar surface area (TPSA) is 83.0 Å². The molecule has 8 heteroatoms. The number of ether oxygens (including phenoxy) is 1. The lowest BCUT2D eigenvalue weighted by Gasteiger charge is -2.25. The summed E-state index contributed by atoms with van der Waals surface area (Å²) in [6, 6.07) is 7.21. The smallest absolute Gasteiger partial charge is 0.191 e. The molecular weight excluding hydrogens is 388 g/mol. The summed E-state index contributed by atoms with van der Waals surface area (Å²) >= 11 is 0. The van der Waals surface area contributed by atoms with Crippen molar-refractivity contribution in [3.63, 3.8) is 0 Å². The van der Waals surface area contributed by atoms with Crippen molar-refractivity contribution in [2.45, 2.75) is 38.0 Å². The number of hydrogen-bond donors (Lipinski definition) is 2. The van der Waals surface area contributed by atoms with Gasteiger partial charge < -0.3 is 15.4 Å². The van der Waals surface area contributed by atoms with Gasteiger partial charge in [-0.15, -0.1) is 0 Å². The first kappa shape index (κ1) is 23.6. The van der Waals surface area contributed by atoms with E-state index >= 15 is 0 Å². The third-order valence-electron chi connectivity index (χ3n) is 4.88. The number of nitrogens with one attached hydrogen (secondary N) is 2. The van der Waals surface area contributed by atoms with E-state index in [4.69, 9.17) is 4.74 Å². The summed E-state index contributed by atoms with van der Waals surface area (Å²) in [6.07, 6.45) is 0. The minimum atomic E-state index is -3.34. The van der Waals surface area contributed by atoms with Crippen LogP contribution in [0.3, 0.4) is 0 Å². The lowest BCUT2D eigenvalue weighted by Crippen LogP contribution is -2.41. The van der Waals surface area contributed by atoms with Gasteiger partial charge in [0.05, 0.1) is 30.4 Å². The molecule has 1 aromatic carbocycles. The second-order valence-corrected chi connectivity index (χ2v) is 10.3. The molecule has 1 aliphatic heterocycles. The Morgan fingerprint density at radius 2 is 1.79 bits per heavy atom. The number of hydrogen-bond acceptors (Lipinski definition) is 5. The van der Waals surface area contributed by atoms with Crippen LogP contribution < -0.4 is 10.6 Å². The molecule has 0 radical (unpaired) electrons. The number of nitrogens with zero attached hydrogens (tertiary/aromatic N) is 2. The van der Waals surface area contributed by atoms with Gasteiger partial charge in [0.1, 0.15) is 0 Å². The van der Waals surface area contributed by atoms with Crippen LogP contribution in [-0.4, -0.2) is 77.5 Å². The zero-order valence-corrected chi connectivity index (χ0v) is 19.0. The standard InChI is InChI=1S/C21H36N4O3S/c1-5-22-20(23-10-12-25-13-15-28-16-14-25)24-11-17-29(26,27)19-8-6-18(7-9-19)21(2,3)4/h6-9H,5,10-17H2,1-4H3,(H2,22,23,24). The fraction of sp³-hybridized carbons (Fsp3) is 0.667. The maximum Gasteiger partial charge on any atom is 0.191 e. The summed E-state index contributed by atoms with van der Waals surface area (Å²) < 4.78 is 30.6. The molecule has 1 aliphatic rings. The van der Waals surface area contributed by atoms with Crippen molar-refractivity contribution in [2.75, 3.05) is 58.2 Å². The fourth-order valence-corrected chi connectivity index (χ4v) is 4.21. The summed E-state index contributed by atoms with van der Waals surface area (Å²) in [5, 5.41) is 6.31.